The van der Waals surface area contributed by atoms with Crippen LogP contribution in [0, 0.1) is 0 Å². The van der Waals surface area contributed by atoms with Crippen LogP contribution in [0.4, 0.5) is 0 Å². The van der Waals surface area contributed by atoms with Crippen molar-refractivity contribution >= 4 is 0 Å². The number of rotatable bonds is 6. The highest BCUT2D eigenvalue weighted by atomic mass is 16.6. The summed E-state index contributed by atoms with van der Waals surface area (Å²) in [4.78, 5) is 0. The fourth-order valence-electron chi connectivity index (χ4n) is 4.80. The van der Waals surface area contributed by atoms with E-state index in [1.165, 1.54) is 36.8 Å². The van der Waals surface area contributed by atoms with Crippen molar-refractivity contribution in [2.75, 3.05) is 0 Å². The van der Waals surface area contributed by atoms with E-state index in [4.69, 9.17) is 4.74 Å². The molecule has 0 radical (unpaired) electrons. The van der Waals surface area contributed by atoms with E-state index in [9.17, 15) is 10.2 Å². The molecule has 27 heavy (non-hydrogen) atoms. The van der Waals surface area contributed by atoms with Gasteiger partial charge < -0.3 is 14.9 Å². The molecule has 150 valence electrons. The Hall–Kier alpha value is -1.48. The Labute approximate surface area is 164 Å². The first kappa shape index (κ1) is 20.3. The third kappa shape index (κ3) is 4.03. The van der Waals surface area contributed by atoms with E-state index < -0.39 is 5.79 Å². The number of benzene rings is 1. The number of phenols is 1. The van der Waals surface area contributed by atoms with Gasteiger partial charge in [0.2, 0.25) is 5.79 Å². The van der Waals surface area contributed by atoms with Crippen LogP contribution in [0.25, 0.3) is 0 Å². The zero-order valence-corrected chi connectivity index (χ0v) is 17.7. The van der Waals surface area contributed by atoms with Crippen LogP contribution >= 0.6 is 0 Å². The highest BCUT2D eigenvalue weighted by Crippen LogP contribution is 2.54. The standard InChI is InChI=1S/C24H36O3/c1-6-7-8-9-11-23(4,5)17-13-20(25)22-19-15-24(26,27-21(22)14-17)12-10-18(19)16(2)3/h13-14,19,25-26H,6-12,15H2,1-5H3. The van der Waals surface area contributed by atoms with E-state index in [1.54, 1.807) is 0 Å². The molecule has 1 fully saturated rings. The molecule has 0 aromatic heterocycles. The summed E-state index contributed by atoms with van der Waals surface area (Å²) < 4.78 is 6.05. The van der Waals surface area contributed by atoms with E-state index in [1.807, 2.05) is 6.07 Å². The zero-order chi connectivity index (χ0) is 19.8. The summed E-state index contributed by atoms with van der Waals surface area (Å²) in [5.41, 5.74) is 4.55. The first-order valence-electron chi connectivity index (χ1n) is 10.6. The predicted molar refractivity (Wildman–Crippen MR) is 110 cm³/mol. The minimum absolute atomic E-state index is 0.0296. The molecule has 2 bridgehead atoms. The molecule has 2 N–H and O–H groups in total. The van der Waals surface area contributed by atoms with Crippen molar-refractivity contribution in [2.45, 2.75) is 103 Å². The van der Waals surface area contributed by atoms with Gasteiger partial charge in [-0.1, -0.05) is 57.6 Å². The molecular formula is C24H36O3. The number of unbranched alkanes of at least 4 members (excludes halogenated alkanes) is 3. The van der Waals surface area contributed by atoms with Gasteiger partial charge in [-0.25, -0.2) is 0 Å². The Balaban J connectivity index is 1.95. The average Bonchev–Trinajstić information content (AvgIpc) is 2.57. The fraction of sp³-hybridized carbons (Fsp3) is 0.667. The summed E-state index contributed by atoms with van der Waals surface area (Å²) in [6.45, 7) is 11.0. The summed E-state index contributed by atoms with van der Waals surface area (Å²) in [5, 5.41) is 21.8. The Morgan fingerprint density at radius 1 is 1.22 bits per heavy atom. The van der Waals surface area contributed by atoms with Crippen LogP contribution in [0.15, 0.2) is 23.3 Å². The Morgan fingerprint density at radius 3 is 2.63 bits per heavy atom. The molecule has 0 amide bonds. The van der Waals surface area contributed by atoms with Gasteiger partial charge in [0.25, 0.3) is 0 Å². The van der Waals surface area contributed by atoms with Crippen molar-refractivity contribution in [3.05, 3.63) is 34.4 Å². The van der Waals surface area contributed by atoms with Crippen molar-refractivity contribution in [1.82, 2.24) is 0 Å². The lowest BCUT2D eigenvalue weighted by Crippen LogP contribution is -2.44. The lowest BCUT2D eigenvalue weighted by Gasteiger charge is -2.45. The summed E-state index contributed by atoms with van der Waals surface area (Å²) in [6, 6.07) is 4.00. The number of hydrogen-bond acceptors (Lipinski definition) is 3. The molecule has 2 atom stereocenters. The normalized spacial score (nSPS) is 24.4. The van der Waals surface area contributed by atoms with Gasteiger partial charge in [0.05, 0.1) is 0 Å². The minimum atomic E-state index is -1.10. The molecule has 1 aromatic carbocycles. The van der Waals surface area contributed by atoms with E-state index in [2.05, 4.69) is 40.7 Å². The SMILES string of the molecule is CCCCCCC(C)(C)c1cc(O)c2c(c1)OC1(O)CCC(=C(C)C)C2C1. The van der Waals surface area contributed by atoms with Gasteiger partial charge >= 0.3 is 0 Å². The second-order valence-corrected chi connectivity index (χ2v) is 9.43. The number of fused-ring (bicyclic) bond motifs is 4. The van der Waals surface area contributed by atoms with Gasteiger partial charge in [0.1, 0.15) is 11.5 Å². The Morgan fingerprint density at radius 2 is 1.96 bits per heavy atom. The molecule has 3 nitrogen and oxygen atoms in total. The summed E-state index contributed by atoms with van der Waals surface area (Å²) in [6.07, 6.45) is 8.01. The van der Waals surface area contributed by atoms with Gasteiger partial charge in [-0.15, -0.1) is 0 Å². The second-order valence-electron chi connectivity index (χ2n) is 9.43. The van der Waals surface area contributed by atoms with Gasteiger partial charge in [0, 0.05) is 24.3 Å². The smallest absolute Gasteiger partial charge is 0.209 e. The lowest BCUT2D eigenvalue weighted by atomic mass is 9.71. The first-order valence-corrected chi connectivity index (χ1v) is 10.6. The van der Waals surface area contributed by atoms with Crippen molar-refractivity contribution in [3.8, 4) is 11.5 Å². The monoisotopic (exact) mass is 372 g/mol. The van der Waals surface area contributed by atoms with Gasteiger partial charge in [-0.2, -0.15) is 0 Å². The minimum Gasteiger partial charge on any atom is -0.507 e. The number of aromatic hydroxyl groups is 1. The maximum Gasteiger partial charge on any atom is 0.209 e. The molecule has 2 unspecified atom stereocenters. The summed E-state index contributed by atoms with van der Waals surface area (Å²) in [5.74, 6) is -0.0627. The van der Waals surface area contributed by atoms with Crippen LogP contribution in [-0.4, -0.2) is 16.0 Å². The van der Waals surface area contributed by atoms with E-state index in [-0.39, 0.29) is 11.3 Å². The van der Waals surface area contributed by atoms with Crippen molar-refractivity contribution in [3.63, 3.8) is 0 Å². The molecule has 3 heteroatoms. The van der Waals surface area contributed by atoms with Crippen LogP contribution in [0.2, 0.25) is 0 Å². The number of allylic oxidation sites excluding steroid dienone is 2. The quantitative estimate of drug-likeness (QED) is 0.453. The third-order valence-corrected chi connectivity index (χ3v) is 6.58. The van der Waals surface area contributed by atoms with Gasteiger partial charge in [0.15, 0.2) is 0 Å². The van der Waals surface area contributed by atoms with Gasteiger partial charge in [-0.3, -0.25) is 0 Å². The van der Waals surface area contributed by atoms with Crippen LogP contribution in [-0.2, 0) is 5.41 Å². The molecular weight excluding hydrogens is 336 g/mol. The number of ether oxygens (including phenoxy) is 1. The van der Waals surface area contributed by atoms with Crippen LogP contribution in [0.5, 0.6) is 11.5 Å². The topological polar surface area (TPSA) is 49.7 Å². The van der Waals surface area contributed by atoms with E-state index >= 15 is 0 Å². The Kier molecular flexibility index (Phi) is 5.63. The number of phenolic OH excluding ortho intramolecular Hbond substituents is 1. The molecule has 1 aliphatic carbocycles. The maximum atomic E-state index is 10.9. The first-order chi connectivity index (χ1) is 12.7. The van der Waals surface area contributed by atoms with Crippen molar-refractivity contribution < 1.29 is 14.9 Å². The second kappa shape index (κ2) is 7.50. The van der Waals surface area contributed by atoms with Crippen LogP contribution in [0.1, 0.15) is 103 Å². The molecule has 1 saturated carbocycles. The summed E-state index contributed by atoms with van der Waals surface area (Å²) in [7, 11) is 0. The van der Waals surface area contributed by atoms with Crippen LogP contribution in [0.3, 0.4) is 0 Å². The lowest BCUT2D eigenvalue weighted by molar-refractivity contribution is -0.165. The van der Waals surface area contributed by atoms with E-state index in [0.29, 0.717) is 24.3 Å². The molecule has 1 heterocycles. The maximum absolute atomic E-state index is 10.9. The average molecular weight is 373 g/mol. The Bertz CT molecular complexity index is 727. The molecule has 2 aliphatic rings. The third-order valence-electron chi connectivity index (χ3n) is 6.58. The molecule has 1 aromatic rings. The fourth-order valence-corrected chi connectivity index (χ4v) is 4.80. The summed E-state index contributed by atoms with van der Waals surface area (Å²) >= 11 is 0. The molecule has 0 spiro atoms. The number of aliphatic hydroxyl groups is 1. The zero-order valence-electron chi connectivity index (χ0n) is 17.7. The van der Waals surface area contributed by atoms with Gasteiger partial charge in [-0.05, 0) is 49.8 Å². The largest absolute Gasteiger partial charge is 0.507 e. The van der Waals surface area contributed by atoms with Crippen LogP contribution < -0.4 is 4.74 Å². The molecule has 3 rings (SSSR count). The molecule has 0 saturated heterocycles. The highest BCUT2D eigenvalue weighted by molar-refractivity contribution is 5.56. The number of hydrogen-bond donors (Lipinski definition) is 2. The van der Waals surface area contributed by atoms with Crippen molar-refractivity contribution in [2.24, 2.45) is 0 Å². The van der Waals surface area contributed by atoms with Crippen molar-refractivity contribution in [1.29, 1.82) is 0 Å². The predicted octanol–water partition coefficient (Wildman–Crippen LogP) is 6.33. The highest BCUT2D eigenvalue weighted by Gasteiger charge is 2.46. The molecule has 1 aliphatic heterocycles. The van der Waals surface area contributed by atoms with E-state index in [0.717, 1.165) is 24.0 Å².